The molecule has 0 radical (unpaired) electrons. The van der Waals surface area contributed by atoms with E-state index < -0.39 is 28.3 Å². The molecule has 7 nitrogen and oxygen atoms in total. The molecule has 0 saturated heterocycles. The van der Waals surface area contributed by atoms with Crippen LogP contribution >= 0.6 is 21.6 Å². The number of hydrogen-bond donors (Lipinski definition) is 3. The molecule has 1 rings (SSSR count). The number of carboxylic acids is 2. The van der Waals surface area contributed by atoms with Crippen LogP contribution in [0.3, 0.4) is 0 Å². The fourth-order valence-corrected chi connectivity index (χ4v) is 2.75. The minimum absolute atomic E-state index is 0.442. The highest BCUT2D eigenvalue weighted by Crippen LogP contribution is 2.30. The zero-order valence-electron chi connectivity index (χ0n) is 11.4. The molecule has 0 spiro atoms. The third-order valence-electron chi connectivity index (χ3n) is 1.99. The van der Waals surface area contributed by atoms with E-state index in [2.05, 4.69) is 4.98 Å². The van der Waals surface area contributed by atoms with E-state index in [0.29, 0.717) is 5.56 Å². The van der Waals surface area contributed by atoms with Gasteiger partial charge in [-0.05, 0) is 26.0 Å². The lowest BCUT2D eigenvalue weighted by atomic mass is 10.3. The van der Waals surface area contributed by atoms with Crippen molar-refractivity contribution in [2.45, 2.75) is 24.3 Å². The minimum Gasteiger partial charge on any atom is -0.480 e. The number of nitrogens with zero attached hydrogens (tertiary/aromatic N) is 1. The molecule has 9 heteroatoms. The summed E-state index contributed by atoms with van der Waals surface area (Å²) in [5.74, 6) is -2.29. The third kappa shape index (κ3) is 8.92. The van der Waals surface area contributed by atoms with Crippen LogP contribution in [0.1, 0.15) is 24.2 Å². The second-order valence-electron chi connectivity index (χ2n) is 3.76. The largest absolute Gasteiger partial charge is 0.480 e. The Kier molecular flexibility index (Phi) is 9.22. The van der Waals surface area contributed by atoms with Crippen LogP contribution in [0.15, 0.2) is 24.5 Å². The zero-order chi connectivity index (χ0) is 16.4. The molecule has 1 aromatic heterocycles. The molecule has 0 aromatic carbocycles. The van der Waals surface area contributed by atoms with E-state index in [-0.39, 0.29) is 0 Å². The Morgan fingerprint density at radius 1 is 1.14 bits per heavy atom. The molecule has 0 aliphatic carbocycles. The topological polar surface area (TPSA) is 131 Å². The van der Waals surface area contributed by atoms with Gasteiger partial charge in [0.2, 0.25) is 5.91 Å². The van der Waals surface area contributed by atoms with Crippen molar-refractivity contribution in [3.8, 4) is 0 Å². The molecule has 0 saturated carbocycles. The molecule has 1 aromatic rings. The maximum atomic E-state index is 10.4. The van der Waals surface area contributed by atoms with Crippen LogP contribution in [-0.2, 0) is 9.59 Å². The molecule has 1 amide bonds. The fourth-order valence-electron chi connectivity index (χ4n) is 0.757. The average molecular weight is 332 g/mol. The second kappa shape index (κ2) is 10.1. The SMILES string of the molecule is CC(SSC(C)C(=O)O)C(=O)O.NC(=O)c1cccnc1. The van der Waals surface area contributed by atoms with Crippen molar-refractivity contribution in [2.24, 2.45) is 5.73 Å². The molecule has 4 N–H and O–H groups in total. The summed E-state index contributed by atoms with van der Waals surface area (Å²) in [4.78, 5) is 34.7. The summed E-state index contributed by atoms with van der Waals surface area (Å²) in [7, 11) is 2.11. The Bertz CT molecular complexity index is 464. The Hall–Kier alpha value is -1.74. The molecule has 0 bridgehead atoms. The summed E-state index contributed by atoms with van der Waals surface area (Å²) < 4.78 is 0. The monoisotopic (exact) mass is 332 g/mol. The van der Waals surface area contributed by atoms with Crippen LogP contribution in [0.5, 0.6) is 0 Å². The smallest absolute Gasteiger partial charge is 0.317 e. The third-order valence-corrected chi connectivity index (χ3v) is 5.14. The van der Waals surface area contributed by atoms with Crippen molar-refractivity contribution >= 4 is 39.4 Å². The minimum atomic E-state index is -0.926. The van der Waals surface area contributed by atoms with Gasteiger partial charge in [0.05, 0.1) is 5.56 Å². The number of amides is 1. The van der Waals surface area contributed by atoms with Crippen molar-refractivity contribution in [2.75, 3.05) is 0 Å². The van der Waals surface area contributed by atoms with Gasteiger partial charge in [-0.25, -0.2) is 0 Å². The van der Waals surface area contributed by atoms with Gasteiger partial charge in [0.1, 0.15) is 10.5 Å². The van der Waals surface area contributed by atoms with Crippen molar-refractivity contribution in [1.82, 2.24) is 4.98 Å². The van der Waals surface area contributed by atoms with E-state index in [1.165, 1.54) is 20.0 Å². The summed E-state index contributed by atoms with van der Waals surface area (Å²) >= 11 is 0. The quantitative estimate of drug-likeness (QED) is 0.668. The predicted molar refractivity (Wildman–Crippen MR) is 82.1 cm³/mol. The summed E-state index contributed by atoms with van der Waals surface area (Å²) in [6, 6.07) is 3.29. The average Bonchev–Trinajstić information content (AvgIpc) is 2.45. The Balaban J connectivity index is 0.000000394. The lowest BCUT2D eigenvalue weighted by Crippen LogP contribution is -2.14. The van der Waals surface area contributed by atoms with Crippen molar-refractivity contribution in [3.63, 3.8) is 0 Å². The maximum Gasteiger partial charge on any atom is 0.317 e. The number of carboxylic acid groups (broad SMARTS) is 2. The highest BCUT2D eigenvalue weighted by atomic mass is 33.1. The summed E-state index contributed by atoms with van der Waals surface area (Å²) in [6.45, 7) is 3.04. The molecule has 0 aliphatic heterocycles. The van der Waals surface area contributed by atoms with E-state index in [0.717, 1.165) is 21.6 Å². The normalized spacial score (nSPS) is 12.5. The van der Waals surface area contributed by atoms with E-state index >= 15 is 0 Å². The Labute approximate surface area is 129 Å². The number of nitrogens with two attached hydrogens (primary N) is 1. The first-order chi connectivity index (χ1) is 9.75. The van der Waals surface area contributed by atoms with Crippen LogP contribution in [0.4, 0.5) is 0 Å². The van der Waals surface area contributed by atoms with E-state index in [4.69, 9.17) is 15.9 Å². The van der Waals surface area contributed by atoms with Crippen LogP contribution in [0.2, 0.25) is 0 Å². The number of aromatic nitrogens is 1. The molecule has 21 heavy (non-hydrogen) atoms. The van der Waals surface area contributed by atoms with Gasteiger partial charge in [-0.2, -0.15) is 0 Å². The molecule has 0 fully saturated rings. The molecule has 116 valence electrons. The summed E-state index contributed by atoms with van der Waals surface area (Å²) in [5.41, 5.74) is 5.38. The fraction of sp³-hybridized carbons (Fsp3) is 0.333. The van der Waals surface area contributed by atoms with Crippen LogP contribution in [0, 0.1) is 0 Å². The number of rotatable bonds is 6. The molecular weight excluding hydrogens is 316 g/mol. The predicted octanol–water partition coefficient (Wildman–Crippen LogP) is 1.49. The van der Waals surface area contributed by atoms with E-state index in [1.807, 2.05) is 0 Å². The zero-order valence-corrected chi connectivity index (χ0v) is 13.1. The highest BCUT2D eigenvalue weighted by molar-refractivity contribution is 8.77. The first-order valence-electron chi connectivity index (χ1n) is 5.73. The van der Waals surface area contributed by atoms with Crippen molar-refractivity contribution in [1.29, 1.82) is 0 Å². The summed E-state index contributed by atoms with van der Waals surface area (Å²) in [5, 5.41) is 15.8. The van der Waals surface area contributed by atoms with Gasteiger partial charge < -0.3 is 15.9 Å². The van der Waals surface area contributed by atoms with Gasteiger partial charge in [-0.15, -0.1) is 0 Å². The second-order valence-corrected chi connectivity index (χ2v) is 6.71. The Morgan fingerprint density at radius 3 is 1.86 bits per heavy atom. The first kappa shape index (κ1) is 19.3. The summed E-state index contributed by atoms with van der Waals surface area (Å²) in [6.07, 6.45) is 3.02. The van der Waals surface area contributed by atoms with Crippen molar-refractivity contribution in [3.05, 3.63) is 30.1 Å². The Morgan fingerprint density at radius 2 is 1.62 bits per heavy atom. The maximum absolute atomic E-state index is 10.4. The molecule has 2 atom stereocenters. The highest BCUT2D eigenvalue weighted by Gasteiger charge is 2.17. The van der Waals surface area contributed by atoms with E-state index in [1.54, 1.807) is 18.3 Å². The number of aliphatic carboxylic acids is 2. The lowest BCUT2D eigenvalue weighted by molar-refractivity contribution is -0.137. The van der Waals surface area contributed by atoms with Crippen LogP contribution in [0.25, 0.3) is 0 Å². The van der Waals surface area contributed by atoms with Crippen LogP contribution in [-0.4, -0.2) is 43.5 Å². The van der Waals surface area contributed by atoms with Crippen molar-refractivity contribution < 1.29 is 24.6 Å². The van der Waals surface area contributed by atoms with Gasteiger partial charge in [0.15, 0.2) is 0 Å². The first-order valence-corrected chi connectivity index (χ1v) is 8.00. The molecule has 1 heterocycles. The number of primary amides is 1. The molecule has 2 unspecified atom stereocenters. The molecular formula is C12H16N2O5S2. The standard InChI is InChI=1S/C6H6N2O.C6H10O4S2/c7-6(9)5-2-1-3-8-4-5;1-3(5(7)8)11-12-4(2)6(9)10/h1-4H,(H2,7,9);3-4H,1-2H3,(H,7,8)(H,9,10). The lowest BCUT2D eigenvalue weighted by Gasteiger charge is -2.07. The number of pyridine rings is 1. The van der Waals surface area contributed by atoms with E-state index in [9.17, 15) is 14.4 Å². The van der Waals surface area contributed by atoms with Gasteiger partial charge in [0, 0.05) is 12.4 Å². The number of carbonyl (C=O) groups excluding carboxylic acids is 1. The van der Waals surface area contributed by atoms with Gasteiger partial charge in [-0.3, -0.25) is 19.4 Å². The number of carbonyl (C=O) groups is 3. The van der Waals surface area contributed by atoms with Gasteiger partial charge in [0.25, 0.3) is 0 Å². The molecule has 0 aliphatic rings. The number of hydrogen-bond acceptors (Lipinski definition) is 6. The van der Waals surface area contributed by atoms with Gasteiger partial charge in [-0.1, -0.05) is 21.6 Å². The van der Waals surface area contributed by atoms with Crippen LogP contribution < -0.4 is 5.73 Å². The van der Waals surface area contributed by atoms with Gasteiger partial charge >= 0.3 is 11.9 Å².